The number of methoxy groups -OCH3 is 3. The Bertz CT molecular complexity index is 2400. The van der Waals surface area contributed by atoms with Crippen LogP contribution in [-0.4, -0.2) is 82.3 Å². The van der Waals surface area contributed by atoms with E-state index in [0.717, 1.165) is 49.0 Å². The number of carbonyl (C=O) groups is 1. The largest absolute Gasteiger partial charge is 0.493 e. The summed E-state index contributed by atoms with van der Waals surface area (Å²) in [5.41, 5.74) is 6.89. The van der Waals surface area contributed by atoms with Gasteiger partial charge in [-0.05, 0) is 123 Å². The topological polar surface area (TPSA) is 134 Å². The molecule has 1 amide bonds. The maximum absolute atomic E-state index is 12.7. The standard InChI is InChI=1S/C47H50N4O9/c1-49-19-16-31-26-40(55-3)42-28-36(31)37(49)22-29-10-13-35(14-11-29)59-41-24-30(23-38-44-32(17-20-50(38)2)27-43(56-4)45(57-5)46(44)60-42)12-15-39(41)58-21-7-18-48-47(52)33-8-6-9-34(25-33)51(53)54/h6,8-15,24-28,37-38H,7,16-23H2,1-5H3,(H,48,52)/t37?,38-/m1/s1. The number of non-ortho nitro benzene ring substituents is 1. The summed E-state index contributed by atoms with van der Waals surface area (Å²) in [5, 5.41) is 14.0. The molecule has 1 unspecified atom stereocenters. The first-order chi connectivity index (χ1) is 29.1. The van der Waals surface area contributed by atoms with E-state index in [4.69, 9.17) is 28.4 Å². The number of fused-ring (bicyclic) bond motifs is 2. The fourth-order valence-electron chi connectivity index (χ4n) is 8.54. The summed E-state index contributed by atoms with van der Waals surface area (Å²) in [6.07, 6.45) is 3.60. The summed E-state index contributed by atoms with van der Waals surface area (Å²) < 4.78 is 38.0. The molecule has 60 heavy (non-hydrogen) atoms. The molecule has 4 aliphatic rings. The molecule has 13 nitrogen and oxygen atoms in total. The Labute approximate surface area is 349 Å². The van der Waals surface area contributed by atoms with Gasteiger partial charge in [0.2, 0.25) is 5.75 Å². The highest BCUT2D eigenvalue weighted by molar-refractivity contribution is 5.94. The van der Waals surface area contributed by atoms with E-state index in [2.05, 4.69) is 65.6 Å². The van der Waals surface area contributed by atoms with E-state index in [1.165, 1.54) is 34.9 Å². The van der Waals surface area contributed by atoms with Gasteiger partial charge in [-0.15, -0.1) is 0 Å². The molecule has 0 aromatic heterocycles. The van der Waals surface area contributed by atoms with Gasteiger partial charge in [0.15, 0.2) is 34.5 Å². The number of carbonyl (C=O) groups excluding carboxylic acids is 1. The van der Waals surface area contributed by atoms with Gasteiger partial charge in [-0.2, -0.15) is 0 Å². The number of amides is 1. The van der Waals surface area contributed by atoms with Crippen molar-refractivity contribution in [3.05, 3.63) is 134 Å². The predicted molar refractivity (Wildman–Crippen MR) is 227 cm³/mol. The lowest BCUT2D eigenvalue weighted by Crippen LogP contribution is -2.34. The third-order valence-electron chi connectivity index (χ3n) is 11.8. The van der Waals surface area contributed by atoms with E-state index in [-0.39, 0.29) is 29.2 Å². The maximum Gasteiger partial charge on any atom is 0.270 e. The molecule has 2 atom stereocenters. The minimum atomic E-state index is -0.518. The Morgan fingerprint density at radius 3 is 2.23 bits per heavy atom. The first kappa shape index (κ1) is 40.5. The van der Waals surface area contributed by atoms with Crippen molar-refractivity contribution < 1.29 is 38.1 Å². The molecule has 9 rings (SSSR count). The number of likely N-dealkylation sites (N-methyl/N-ethyl adjacent to an activating group) is 2. The number of hydrogen-bond donors (Lipinski definition) is 1. The van der Waals surface area contributed by atoms with Gasteiger partial charge < -0.3 is 33.7 Å². The average molecular weight is 815 g/mol. The van der Waals surface area contributed by atoms with Crippen molar-refractivity contribution in [1.82, 2.24) is 15.1 Å². The molecule has 4 heterocycles. The highest BCUT2D eigenvalue weighted by atomic mass is 16.6. The molecule has 5 aromatic rings. The zero-order valence-electron chi connectivity index (χ0n) is 34.6. The number of nitrogens with zero attached hydrogens (tertiary/aromatic N) is 3. The molecule has 0 fully saturated rings. The molecule has 4 aliphatic heterocycles. The summed E-state index contributed by atoms with van der Waals surface area (Å²) in [5.74, 6) is 4.45. The summed E-state index contributed by atoms with van der Waals surface area (Å²) in [7, 11) is 9.28. The zero-order valence-corrected chi connectivity index (χ0v) is 34.6. The van der Waals surface area contributed by atoms with Crippen LogP contribution in [0.25, 0.3) is 0 Å². The summed E-state index contributed by atoms with van der Waals surface area (Å²) >= 11 is 0. The van der Waals surface area contributed by atoms with Crippen LogP contribution in [0.5, 0.6) is 46.0 Å². The highest BCUT2D eigenvalue weighted by Crippen LogP contribution is 2.52. The van der Waals surface area contributed by atoms with Gasteiger partial charge >= 0.3 is 0 Å². The molecule has 0 saturated heterocycles. The third-order valence-corrected chi connectivity index (χ3v) is 11.8. The second-order valence-corrected chi connectivity index (χ2v) is 15.5. The fourth-order valence-corrected chi connectivity index (χ4v) is 8.54. The van der Waals surface area contributed by atoms with Crippen LogP contribution in [0.15, 0.2) is 84.9 Å². The van der Waals surface area contributed by atoms with E-state index in [0.29, 0.717) is 72.0 Å². The smallest absolute Gasteiger partial charge is 0.270 e. The van der Waals surface area contributed by atoms with Crippen molar-refractivity contribution in [1.29, 1.82) is 0 Å². The highest BCUT2D eigenvalue weighted by Gasteiger charge is 2.35. The number of nitro groups is 1. The van der Waals surface area contributed by atoms with Gasteiger partial charge in [0.25, 0.3) is 11.6 Å². The second kappa shape index (κ2) is 17.5. The normalized spacial score (nSPS) is 17.2. The van der Waals surface area contributed by atoms with Crippen LogP contribution in [0.2, 0.25) is 0 Å². The van der Waals surface area contributed by atoms with Gasteiger partial charge in [-0.1, -0.05) is 24.3 Å². The molecular formula is C47H50N4O9. The fraction of sp³-hybridized carbons (Fsp3) is 0.340. The van der Waals surface area contributed by atoms with Crippen molar-refractivity contribution in [3.63, 3.8) is 0 Å². The Morgan fingerprint density at radius 2 is 1.48 bits per heavy atom. The molecule has 1 N–H and O–H groups in total. The average Bonchev–Trinajstić information content (AvgIpc) is 3.26. The Balaban J connectivity index is 1.14. The number of hydrogen-bond acceptors (Lipinski definition) is 11. The minimum Gasteiger partial charge on any atom is -0.493 e. The predicted octanol–water partition coefficient (Wildman–Crippen LogP) is 8.26. The van der Waals surface area contributed by atoms with Crippen LogP contribution in [0.4, 0.5) is 5.69 Å². The van der Waals surface area contributed by atoms with E-state index >= 15 is 0 Å². The quantitative estimate of drug-likeness (QED) is 0.0830. The molecule has 13 heteroatoms. The van der Waals surface area contributed by atoms with Crippen molar-refractivity contribution in [3.8, 4) is 46.0 Å². The monoisotopic (exact) mass is 814 g/mol. The molecule has 6 bridgehead atoms. The van der Waals surface area contributed by atoms with E-state index < -0.39 is 4.92 Å². The third kappa shape index (κ3) is 8.27. The number of ether oxygens (including phenoxy) is 6. The van der Waals surface area contributed by atoms with Crippen LogP contribution in [-0.2, 0) is 25.7 Å². The Morgan fingerprint density at radius 1 is 0.783 bits per heavy atom. The summed E-state index contributed by atoms with van der Waals surface area (Å²) in [6, 6.07) is 26.3. The van der Waals surface area contributed by atoms with Gasteiger partial charge in [-0.25, -0.2) is 0 Å². The first-order valence-electron chi connectivity index (χ1n) is 20.3. The minimum absolute atomic E-state index is 0.0975. The molecule has 312 valence electrons. The first-order valence-corrected chi connectivity index (χ1v) is 20.3. The van der Waals surface area contributed by atoms with Gasteiger partial charge in [0.1, 0.15) is 5.75 Å². The molecule has 5 aromatic carbocycles. The van der Waals surface area contributed by atoms with Crippen LogP contribution in [0, 0.1) is 10.1 Å². The van der Waals surface area contributed by atoms with Gasteiger partial charge in [0, 0.05) is 55.0 Å². The van der Waals surface area contributed by atoms with Crippen molar-refractivity contribution in [2.75, 3.05) is 61.7 Å². The lowest BCUT2D eigenvalue weighted by molar-refractivity contribution is -0.384. The zero-order chi connectivity index (χ0) is 41.9. The van der Waals surface area contributed by atoms with Crippen molar-refractivity contribution in [2.45, 2.75) is 44.2 Å². The lowest BCUT2D eigenvalue weighted by atomic mass is 9.87. The maximum atomic E-state index is 12.7. The number of rotatable bonds is 10. The summed E-state index contributed by atoms with van der Waals surface area (Å²) in [4.78, 5) is 28.1. The molecule has 0 aliphatic carbocycles. The molecule has 0 spiro atoms. The van der Waals surface area contributed by atoms with Gasteiger partial charge in [-0.3, -0.25) is 24.7 Å². The lowest BCUT2D eigenvalue weighted by Gasteiger charge is -2.37. The van der Waals surface area contributed by atoms with Crippen LogP contribution in [0.3, 0.4) is 0 Å². The number of benzene rings is 5. The summed E-state index contributed by atoms with van der Waals surface area (Å²) in [6.45, 7) is 2.36. The SMILES string of the molecule is COc1cc2c3cc1Oc1c(OC)c(OC)cc4c1[C@@H](Cc1ccc(OCCCNC(=O)c5cccc([N+](=O)[O-])c5)c(c1)Oc1ccc(cc1)CC3N(C)CC2)N(C)CC4. The van der Waals surface area contributed by atoms with E-state index in [1.54, 1.807) is 27.4 Å². The van der Waals surface area contributed by atoms with Crippen LogP contribution < -0.4 is 33.7 Å². The van der Waals surface area contributed by atoms with Crippen molar-refractivity contribution in [2.24, 2.45) is 0 Å². The number of nitro benzene ring substituents is 1. The molecule has 0 radical (unpaired) electrons. The molecular weight excluding hydrogens is 765 g/mol. The van der Waals surface area contributed by atoms with E-state index in [1.807, 2.05) is 24.3 Å². The van der Waals surface area contributed by atoms with E-state index in [9.17, 15) is 14.9 Å². The second-order valence-electron chi connectivity index (χ2n) is 15.5. The number of nitrogens with one attached hydrogen (secondary N) is 1. The van der Waals surface area contributed by atoms with Gasteiger partial charge in [0.05, 0.1) is 32.9 Å². The molecule has 0 saturated carbocycles. The van der Waals surface area contributed by atoms with Crippen LogP contribution in [0.1, 0.15) is 62.2 Å². The Kier molecular flexibility index (Phi) is 11.8. The van der Waals surface area contributed by atoms with Crippen LogP contribution >= 0.6 is 0 Å². The van der Waals surface area contributed by atoms with Crippen molar-refractivity contribution >= 4 is 11.6 Å². The Hall–Kier alpha value is -6.31.